The normalized spacial score (nSPS) is 16.6. The maximum Gasteiger partial charge on any atom is 0.120 e. The third-order valence-electron chi connectivity index (χ3n) is 8.90. The number of ether oxygens (including phenoxy) is 3. The highest BCUT2D eigenvalue weighted by atomic mass is 16.5. The summed E-state index contributed by atoms with van der Waals surface area (Å²) in [5.41, 5.74) is 7.64. The van der Waals surface area contributed by atoms with Crippen molar-refractivity contribution in [3.8, 4) is 17.2 Å². The van der Waals surface area contributed by atoms with Crippen molar-refractivity contribution in [1.82, 2.24) is 4.90 Å². The van der Waals surface area contributed by atoms with Crippen LogP contribution < -0.4 is 19.1 Å². The van der Waals surface area contributed by atoms with Crippen LogP contribution in [0.1, 0.15) is 68.7 Å². The van der Waals surface area contributed by atoms with Crippen molar-refractivity contribution in [2.24, 2.45) is 5.41 Å². The van der Waals surface area contributed by atoms with Crippen molar-refractivity contribution in [3.05, 3.63) is 82.9 Å². The van der Waals surface area contributed by atoms with E-state index in [0.29, 0.717) is 0 Å². The molecule has 1 fully saturated rings. The summed E-state index contributed by atoms with van der Waals surface area (Å²) in [6.45, 7) is 12.8. The van der Waals surface area contributed by atoms with Gasteiger partial charge in [0.15, 0.2) is 0 Å². The molecule has 1 aliphatic heterocycles. The van der Waals surface area contributed by atoms with Crippen LogP contribution in [0.3, 0.4) is 0 Å². The lowest BCUT2D eigenvalue weighted by molar-refractivity contribution is 0.214. The number of methoxy groups -OCH3 is 2. The summed E-state index contributed by atoms with van der Waals surface area (Å²) in [5.74, 6) is 2.74. The Hall–Kier alpha value is -3.44. The van der Waals surface area contributed by atoms with E-state index in [-0.39, 0.29) is 5.41 Å². The molecule has 3 aromatic rings. The first-order valence-electron chi connectivity index (χ1n) is 15.7. The Balaban J connectivity index is 1.35. The number of allylic oxidation sites excluding steroid dienone is 1. The molecule has 0 spiro atoms. The Morgan fingerprint density at radius 1 is 0.810 bits per heavy atom. The zero-order chi connectivity index (χ0) is 29.5. The fourth-order valence-corrected chi connectivity index (χ4v) is 6.43. The summed E-state index contributed by atoms with van der Waals surface area (Å²) in [4.78, 5) is 5.00. The van der Waals surface area contributed by atoms with Crippen LogP contribution in [0.5, 0.6) is 17.2 Å². The molecule has 5 heteroatoms. The Bertz CT molecular complexity index is 1350. The predicted molar refractivity (Wildman–Crippen MR) is 175 cm³/mol. The molecule has 0 saturated carbocycles. The molecule has 2 aliphatic rings. The first-order chi connectivity index (χ1) is 20.4. The summed E-state index contributed by atoms with van der Waals surface area (Å²) >= 11 is 0. The number of fused-ring (bicyclic) bond motifs is 1. The van der Waals surface area contributed by atoms with Crippen LogP contribution in [0.4, 0.5) is 5.69 Å². The van der Waals surface area contributed by atoms with E-state index in [9.17, 15) is 0 Å². The number of rotatable bonds is 11. The van der Waals surface area contributed by atoms with E-state index in [4.69, 9.17) is 14.2 Å². The Morgan fingerprint density at radius 2 is 1.48 bits per heavy atom. The van der Waals surface area contributed by atoms with Gasteiger partial charge in [0, 0.05) is 37.0 Å². The first-order valence-corrected chi connectivity index (χ1v) is 15.7. The molecule has 42 heavy (non-hydrogen) atoms. The molecule has 1 saturated heterocycles. The van der Waals surface area contributed by atoms with E-state index in [1.807, 2.05) is 0 Å². The second-order valence-electron chi connectivity index (χ2n) is 12.3. The summed E-state index contributed by atoms with van der Waals surface area (Å²) < 4.78 is 17.3. The van der Waals surface area contributed by atoms with E-state index in [1.54, 1.807) is 14.2 Å². The first kappa shape index (κ1) is 30.0. The lowest BCUT2D eigenvalue weighted by atomic mass is 9.70. The Labute approximate surface area is 253 Å². The second-order valence-corrected chi connectivity index (χ2v) is 12.3. The topological polar surface area (TPSA) is 34.2 Å². The lowest BCUT2D eigenvalue weighted by Gasteiger charge is -2.36. The highest BCUT2D eigenvalue weighted by Gasteiger charge is 2.32. The van der Waals surface area contributed by atoms with Crippen LogP contribution in [0.15, 0.2) is 60.7 Å². The molecule has 0 amide bonds. The molecule has 0 radical (unpaired) electrons. The van der Waals surface area contributed by atoms with E-state index < -0.39 is 0 Å². The molecule has 0 atom stereocenters. The van der Waals surface area contributed by atoms with E-state index in [2.05, 4.69) is 97.3 Å². The molecule has 0 aromatic heterocycles. The van der Waals surface area contributed by atoms with E-state index in [0.717, 1.165) is 49.9 Å². The maximum absolute atomic E-state index is 6.13. The molecule has 5 nitrogen and oxygen atoms in total. The van der Waals surface area contributed by atoms with Crippen molar-refractivity contribution < 1.29 is 14.2 Å². The number of hydrogen-bond acceptors (Lipinski definition) is 5. The van der Waals surface area contributed by atoms with Crippen molar-refractivity contribution >= 4 is 17.3 Å². The van der Waals surface area contributed by atoms with Gasteiger partial charge in [-0.1, -0.05) is 51.0 Å². The third kappa shape index (κ3) is 7.12. The Morgan fingerprint density at radius 3 is 2.17 bits per heavy atom. The van der Waals surface area contributed by atoms with Gasteiger partial charge in [-0.3, -0.25) is 4.90 Å². The van der Waals surface area contributed by atoms with Crippen LogP contribution in [-0.2, 0) is 13.0 Å². The number of likely N-dealkylation sites (tertiary alicyclic amines) is 1. The smallest absolute Gasteiger partial charge is 0.120 e. The number of benzene rings is 3. The molecule has 0 unspecified atom stereocenters. The van der Waals surface area contributed by atoms with Gasteiger partial charge in [-0.15, -0.1) is 0 Å². The van der Waals surface area contributed by atoms with Gasteiger partial charge in [0.1, 0.15) is 23.9 Å². The van der Waals surface area contributed by atoms with Crippen LogP contribution in [0, 0.1) is 5.41 Å². The van der Waals surface area contributed by atoms with Gasteiger partial charge < -0.3 is 19.1 Å². The molecular formula is C37H48N2O3. The quantitative estimate of drug-likeness (QED) is 0.233. The van der Waals surface area contributed by atoms with Gasteiger partial charge >= 0.3 is 0 Å². The van der Waals surface area contributed by atoms with Gasteiger partial charge in [-0.05, 0) is 103 Å². The minimum absolute atomic E-state index is 0.0333. The molecular weight excluding hydrogens is 520 g/mol. The zero-order valence-electron chi connectivity index (χ0n) is 26.2. The molecule has 1 aliphatic carbocycles. The fourth-order valence-electron chi connectivity index (χ4n) is 6.43. The van der Waals surface area contributed by atoms with Crippen molar-refractivity contribution in [2.75, 3.05) is 51.9 Å². The SMILES string of the molecule is CCN(Cc1ccc(OCCN2CCCCCC2)cc1)c1cc(OC)ccc1C1=Cc2ccc(OC)cc2CC1(C)C. The van der Waals surface area contributed by atoms with Crippen molar-refractivity contribution in [2.45, 2.75) is 59.4 Å². The Kier molecular flexibility index (Phi) is 9.79. The highest BCUT2D eigenvalue weighted by Crippen LogP contribution is 2.47. The van der Waals surface area contributed by atoms with Gasteiger partial charge in [0.05, 0.1) is 14.2 Å². The average molecular weight is 569 g/mol. The summed E-state index contributed by atoms with van der Waals surface area (Å²) in [5, 5.41) is 0. The third-order valence-corrected chi connectivity index (χ3v) is 8.90. The zero-order valence-corrected chi connectivity index (χ0v) is 26.2. The van der Waals surface area contributed by atoms with Crippen LogP contribution >= 0.6 is 0 Å². The van der Waals surface area contributed by atoms with E-state index in [1.165, 1.54) is 72.3 Å². The largest absolute Gasteiger partial charge is 0.497 e. The van der Waals surface area contributed by atoms with Gasteiger partial charge in [0.2, 0.25) is 0 Å². The monoisotopic (exact) mass is 568 g/mol. The van der Waals surface area contributed by atoms with Gasteiger partial charge in [0.25, 0.3) is 0 Å². The fraction of sp³-hybridized carbons (Fsp3) is 0.459. The molecule has 5 rings (SSSR count). The predicted octanol–water partition coefficient (Wildman–Crippen LogP) is 8.11. The summed E-state index contributed by atoms with van der Waals surface area (Å²) in [6.07, 6.45) is 8.69. The molecule has 224 valence electrons. The summed E-state index contributed by atoms with van der Waals surface area (Å²) in [6, 6.07) is 21.6. The minimum atomic E-state index is -0.0333. The average Bonchev–Trinajstić information content (AvgIpc) is 3.28. The number of nitrogens with zero attached hydrogens (tertiary/aromatic N) is 2. The van der Waals surface area contributed by atoms with Crippen molar-refractivity contribution in [1.29, 1.82) is 0 Å². The molecule has 0 bridgehead atoms. The minimum Gasteiger partial charge on any atom is -0.497 e. The van der Waals surface area contributed by atoms with Crippen LogP contribution in [0.2, 0.25) is 0 Å². The van der Waals surface area contributed by atoms with Gasteiger partial charge in [-0.25, -0.2) is 0 Å². The molecule has 3 aromatic carbocycles. The number of anilines is 1. The van der Waals surface area contributed by atoms with Crippen molar-refractivity contribution in [3.63, 3.8) is 0 Å². The van der Waals surface area contributed by atoms with E-state index >= 15 is 0 Å². The van der Waals surface area contributed by atoms with Crippen LogP contribution in [0.25, 0.3) is 11.6 Å². The highest BCUT2D eigenvalue weighted by molar-refractivity contribution is 5.92. The van der Waals surface area contributed by atoms with Gasteiger partial charge in [-0.2, -0.15) is 0 Å². The second kappa shape index (κ2) is 13.7. The standard InChI is InChI=1S/C37H48N2O3/c1-6-39(27-28-11-14-31(15-12-28)42-22-21-38-19-9-7-8-10-20-38)36-25-33(41-5)17-18-34(36)35-24-29-13-16-32(40-4)23-30(29)26-37(35,2)3/h11-18,23-25H,6-10,19-22,26-27H2,1-5H3. The summed E-state index contributed by atoms with van der Waals surface area (Å²) in [7, 11) is 3.48. The lowest BCUT2D eigenvalue weighted by Crippen LogP contribution is -2.29. The maximum atomic E-state index is 6.13. The molecule has 1 heterocycles. The number of hydrogen-bond donors (Lipinski definition) is 0. The van der Waals surface area contributed by atoms with Crippen LogP contribution in [-0.4, -0.2) is 51.9 Å². The molecule has 0 N–H and O–H groups in total.